The summed E-state index contributed by atoms with van der Waals surface area (Å²) in [5.41, 5.74) is 1.05. The third-order valence-electron chi connectivity index (χ3n) is 2.42. The van der Waals surface area contributed by atoms with Crippen LogP contribution in [0.15, 0.2) is 48.9 Å². The molecular weight excluding hydrogens is 222 g/mol. The maximum Gasteiger partial charge on any atom is 0.234 e. The van der Waals surface area contributed by atoms with Crippen molar-refractivity contribution in [2.75, 3.05) is 0 Å². The Morgan fingerprint density at radius 2 is 1.88 bits per heavy atom. The lowest BCUT2D eigenvalue weighted by atomic mass is 10.2. The molecule has 2 aromatic heterocycles. The predicted octanol–water partition coefficient (Wildman–Crippen LogP) is 3.07. The highest BCUT2D eigenvalue weighted by Gasteiger charge is 2.04. The second kappa shape index (κ2) is 3.61. The van der Waals surface area contributed by atoms with Crippen molar-refractivity contribution >= 4 is 22.5 Å². The molecule has 3 aromatic rings. The van der Waals surface area contributed by atoms with Crippen molar-refractivity contribution < 1.29 is 0 Å². The molecule has 0 fully saturated rings. The zero-order chi connectivity index (χ0) is 11.0. The SMILES string of the molecule is Clc1ccc2c(ccn2-c2ncccn2)c1. The molecule has 0 aliphatic rings. The molecule has 0 saturated carbocycles. The summed E-state index contributed by atoms with van der Waals surface area (Å²) >= 11 is 5.93. The number of benzene rings is 1. The number of hydrogen-bond acceptors (Lipinski definition) is 2. The Morgan fingerprint density at radius 1 is 1.06 bits per heavy atom. The molecule has 0 aliphatic heterocycles. The van der Waals surface area contributed by atoms with E-state index in [1.54, 1.807) is 18.5 Å². The van der Waals surface area contributed by atoms with Gasteiger partial charge in [-0.05, 0) is 30.3 Å². The van der Waals surface area contributed by atoms with Crippen LogP contribution in [0.2, 0.25) is 5.02 Å². The van der Waals surface area contributed by atoms with E-state index < -0.39 is 0 Å². The molecule has 16 heavy (non-hydrogen) atoms. The average molecular weight is 230 g/mol. The van der Waals surface area contributed by atoms with Gasteiger partial charge in [-0.15, -0.1) is 0 Å². The average Bonchev–Trinajstić information content (AvgIpc) is 2.73. The Kier molecular flexibility index (Phi) is 2.11. The van der Waals surface area contributed by atoms with Gasteiger partial charge in [0.25, 0.3) is 0 Å². The second-order valence-electron chi connectivity index (χ2n) is 3.44. The smallest absolute Gasteiger partial charge is 0.234 e. The molecule has 0 radical (unpaired) electrons. The van der Waals surface area contributed by atoms with E-state index in [2.05, 4.69) is 9.97 Å². The van der Waals surface area contributed by atoms with Crippen molar-refractivity contribution in [2.45, 2.75) is 0 Å². The van der Waals surface area contributed by atoms with Crippen LogP contribution >= 0.6 is 11.6 Å². The van der Waals surface area contributed by atoms with Gasteiger partial charge in [0.05, 0.1) is 5.52 Å². The van der Waals surface area contributed by atoms with Gasteiger partial charge in [0, 0.05) is 29.0 Å². The van der Waals surface area contributed by atoms with E-state index in [1.165, 1.54) is 0 Å². The van der Waals surface area contributed by atoms with E-state index in [0.29, 0.717) is 5.95 Å². The molecular formula is C12H8ClN3. The molecule has 0 N–H and O–H groups in total. The van der Waals surface area contributed by atoms with Crippen LogP contribution in [-0.4, -0.2) is 14.5 Å². The molecule has 2 heterocycles. The third kappa shape index (κ3) is 1.46. The molecule has 3 nitrogen and oxygen atoms in total. The number of aromatic nitrogens is 3. The molecule has 3 rings (SSSR count). The zero-order valence-corrected chi connectivity index (χ0v) is 9.09. The van der Waals surface area contributed by atoms with Gasteiger partial charge >= 0.3 is 0 Å². The fraction of sp³-hybridized carbons (Fsp3) is 0. The second-order valence-corrected chi connectivity index (χ2v) is 3.87. The summed E-state index contributed by atoms with van der Waals surface area (Å²) in [6.45, 7) is 0. The van der Waals surface area contributed by atoms with Crippen LogP contribution in [0.5, 0.6) is 0 Å². The van der Waals surface area contributed by atoms with Crippen molar-refractivity contribution in [1.29, 1.82) is 0 Å². The molecule has 78 valence electrons. The first-order valence-corrected chi connectivity index (χ1v) is 5.26. The van der Waals surface area contributed by atoms with Gasteiger partial charge in [-0.3, -0.25) is 4.57 Å². The topological polar surface area (TPSA) is 30.7 Å². The highest BCUT2D eigenvalue weighted by atomic mass is 35.5. The summed E-state index contributed by atoms with van der Waals surface area (Å²) in [7, 11) is 0. The van der Waals surface area contributed by atoms with E-state index in [0.717, 1.165) is 15.9 Å². The molecule has 0 atom stereocenters. The molecule has 0 unspecified atom stereocenters. The zero-order valence-electron chi connectivity index (χ0n) is 8.34. The molecule has 0 saturated heterocycles. The first-order valence-electron chi connectivity index (χ1n) is 4.88. The Morgan fingerprint density at radius 3 is 2.69 bits per heavy atom. The molecule has 4 heteroatoms. The first-order chi connectivity index (χ1) is 7.84. The van der Waals surface area contributed by atoms with Gasteiger partial charge in [-0.25, -0.2) is 9.97 Å². The summed E-state index contributed by atoms with van der Waals surface area (Å²) < 4.78 is 1.94. The summed E-state index contributed by atoms with van der Waals surface area (Å²) in [6.07, 6.45) is 5.39. The Labute approximate surface area is 97.3 Å². The van der Waals surface area contributed by atoms with Crippen molar-refractivity contribution in [1.82, 2.24) is 14.5 Å². The van der Waals surface area contributed by atoms with Gasteiger partial charge in [0.2, 0.25) is 5.95 Å². The van der Waals surface area contributed by atoms with Crippen molar-refractivity contribution in [2.24, 2.45) is 0 Å². The lowest BCUT2D eigenvalue weighted by Gasteiger charge is -2.02. The van der Waals surface area contributed by atoms with Gasteiger partial charge in [-0.2, -0.15) is 0 Å². The largest absolute Gasteiger partial charge is 0.285 e. The Hall–Kier alpha value is -1.87. The minimum atomic E-state index is 0.667. The van der Waals surface area contributed by atoms with Gasteiger partial charge in [0.1, 0.15) is 0 Å². The summed E-state index contributed by atoms with van der Waals surface area (Å²) in [4.78, 5) is 8.43. The summed E-state index contributed by atoms with van der Waals surface area (Å²) in [5, 5.41) is 1.82. The third-order valence-corrected chi connectivity index (χ3v) is 2.65. The fourth-order valence-corrected chi connectivity index (χ4v) is 1.88. The predicted molar refractivity (Wildman–Crippen MR) is 63.9 cm³/mol. The van der Waals surface area contributed by atoms with Crippen LogP contribution in [0.3, 0.4) is 0 Å². The standard InChI is InChI=1S/C12H8ClN3/c13-10-2-3-11-9(8-10)4-7-16(11)12-14-5-1-6-15-12/h1-8H. The van der Waals surface area contributed by atoms with Gasteiger partial charge < -0.3 is 0 Å². The number of nitrogens with zero attached hydrogens (tertiary/aromatic N) is 3. The number of fused-ring (bicyclic) bond motifs is 1. The normalized spacial score (nSPS) is 10.8. The van der Waals surface area contributed by atoms with E-state index in [-0.39, 0.29) is 0 Å². The lowest BCUT2D eigenvalue weighted by molar-refractivity contribution is 0.962. The highest BCUT2D eigenvalue weighted by molar-refractivity contribution is 6.31. The first kappa shape index (κ1) is 9.36. The number of halogens is 1. The van der Waals surface area contributed by atoms with Crippen LogP contribution in [0.4, 0.5) is 0 Å². The number of rotatable bonds is 1. The van der Waals surface area contributed by atoms with E-state index in [4.69, 9.17) is 11.6 Å². The van der Waals surface area contributed by atoms with Crippen LogP contribution in [0.25, 0.3) is 16.9 Å². The van der Waals surface area contributed by atoms with Crippen molar-refractivity contribution in [3.05, 3.63) is 53.9 Å². The fourth-order valence-electron chi connectivity index (χ4n) is 1.70. The van der Waals surface area contributed by atoms with Crippen LogP contribution in [-0.2, 0) is 0 Å². The molecule has 0 aliphatic carbocycles. The molecule has 0 spiro atoms. The monoisotopic (exact) mass is 229 g/mol. The van der Waals surface area contributed by atoms with E-state index >= 15 is 0 Å². The van der Waals surface area contributed by atoms with Crippen LogP contribution < -0.4 is 0 Å². The van der Waals surface area contributed by atoms with E-state index in [9.17, 15) is 0 Å². The quantitative estimate of drug-likeness (QED) is 0.642. The van der Waals surface area contributed by atoms with Gasteiger partial charge in [-0.1, -0.05) is 11.6 Å². The Bertz CT molecular complexity index is 631. The molecule has 0 bridgehead atoms. The minimum absolute atomic E-state index is 0.667. The van der Waals surface area contributed by atoms with Crippen molar-refractivity contribution in [3.8, 4) is 5.95 Å². The maximum atomic E-state index is 5.93. The number of hydrogen-bond donors (Lipinski definition) is 0. The maximum absolute atomic E-state index is 5.93. The lowest BCUT2D eigenvalue weighted by Crippen LogP contribution is -1.97. The minimum Gasteiger partial charge on any atom is -0.285 e. The molecule has 0 amide bonds. The van der Waals surface area contributed by atoms with Crippen LogP contribution in [0, 0.1) is 0 Å². The molecule has 1 aromatic carbocycles. The summed E-state index contributed by atoms with van der Waals surface area (Å²) in [6, 6.07) is 9.55. The van der Waals surface area contributed by atoms with Crippen molar-refractivity contribution in [3.63, 3.8) is 0 Å². The van der Waals surface area contributed by atoms with E-state index in [1.807, 2.05) is 35.0 Å². The van der Waals surface area contributed by atoms with Gasteiger partial charge in [0.15, 0.2) is 0 Å². The summed E-state index contributed by atoms with van der Waals surface area (Å²) in [5.74, 6) is 0.667. The Balaban J connectivity index is 2.26. The highest BCUT2D eigenvalue weighted by Crippen LogP contribution is 2.21. The van der Waals surface area contributed by atoms with Crippen LogP contribution in [0.1, 0.15) is 0 Å².